The minimum absolute atomic E-state index is 0.138. The molecular weight excluding hydrogens is 1260 g/mol. The number of carbonyl (C=O) groups excluding carboxylic acids is 3. The molecule has 3 aromatic heterocycles. The minimum atomic E-state index is -2.18. The number of aryl methyl sites for hydroxylation is 3. The van der Waals surface area contributed by atoms with Crippen molar-refractivity contribution >= 4 is 51.5 Å². The summed E-state index contributed by atoms with van der Waals surface area (Å²) in [4.78, 5) is 67.5. The molecule has 1 spiro atoms. The zero-order chi connectivity index (χ0) is 71.3. The van der Waals surface area contributed by atoms with Crippen LogP contribution in [0.4, 0.5) is 0 Å². The van der Waals surface area contributed by atoms with Crippen LogP contribution in [0.15, 0.2) is 151 Å². The number of hydrogen-bond acceptors (Lipinski definition) is 15. The second-order valence-corrected chi connectivity index (χ2v) is 29.2. The van der Waals surface area contributed by atoms with Crippen molar-refractivity contribution in [2.24, 2.45) is 28.8 Å². The molecule has 3 saturated carbocycles. The molecular formula is C80H92N10O10. The number of nitrogens with zero attached hydrogens (tertiary/aromatic N) is 9. The smallest absolute Gasteiger partial charge is 0.336 e. The number of Topliss-reactive ketones (excluding diaryl/α,β-unsaturated/α-hetero) is 1. The number of nitrogens with one attached hydrogen (secondary N) is 1. The Hall–Kier alpha value is -9.34. The van der Waals surface area contributed by atoms with Crippen molar-refractivity contribution in [1.82, 2.24) is 44.6 Å². The van der Waals surface area contributed by atoms with Crippen molar-refractivity contribution in [3.8, 4) is 45.0 Å². The number of rotatable bonds is 16. The Morgan fingerprint density at radius 2 is 1.41 bits per heavy atom. The van der Waals surface area contributed by atoms with Crippen molar-refractivity contribution in [2.75, 3.05) is 0 Å². The van der Waals surface area contributed by atoms with Gasteiger partial charge in [0.05, 0.1) is 52.0 Å². The van der Waals surface area contributed by atoms with Crippen LogP contribution in [0, 0.1) is 23.7 Å². The fourth-order valence-corrected chi connectivity index (χ4v) is 17.0. The van der Waals surface area contributed by atoms with Gasteiger partial charge in [-0.05, 0) is 139 Å². The number of carboxylic acids is 1. The number of tetrazole rings is 1. The Kier molecular flexibility index (Phi) is 19.5. The molecule has 8 atom stereocenters. The van der Waals surface area contributed by atoms with Gasteiger partial charge in [0.2, 0.25) is 5.82 Å². The van der Waals surface area contributed by atoms with E-state index in [4.69, 9.17) is 24.4 Å². The van der Waals surface area contributed by atoms with Crippen LogP contribution in [0.1, 0.15) is 159 Å². The van der Waals surface area contributed by atoms with E-state index in [-0.39, 0.29) is 12.3 Å². The SMILES string of the molecule is C=C[C@@]1(C)CC(=O)[C@]2(O)[C@@]3(C)[C@@H](O)CCC(C)(C)[C@@H]3[C@H](O)[C@H](OC(C)=O)[C@@]2(C)O1.CCCCC1=NC2(CCCC2)C(=O)N1Cc1ccc(-c2ccccc2-c2nn[nH]n2)cc1.CCCc1nc2c(C)cc(-c3nc4ccccc4n3C)cc2n1Cc1ccc(-c2ccccc2C(=O)O)cc1. The largest absolute Gasteiger partial charge is 0.478 e. The highest BCUT2D eigenvalue weighted by molar-refractivity contribution is 6.08. The molecule has 3 aliphatic carbocycles. The number of imidazole rings is 2. The lowest BCUT2D eigenvalue weighted by molar-refractivity contribution is -0.370. The third kappa shape index (κ3) is 12.5. The fraction of sp³-hybridized carbons (Fsp3) is 0.425. The Morgan fingerprint density at radius 3 is 2.04 bits per heavy atom. The van der Waals surface area contributed by atoms with Crippen LogP contribution in [0.2, 0.25) is 0 Å². The van der Waals surface area contributed by atoms with Gasteiger partial charge in [0.25, 0.3) is 5.91 Å². The van der Waals surface area contributed by atoms with Crippen molar-refractivity contribution < 1.29 is 49.1 Å². The van der Waals surface area contributed by atoms with E-state index < -0.39 is 75.1 Å². The molecule has 5 heterocycles. The first-order chi connectivity index (χ1) is 47.7. The van der Waals surface area contributed by atoms with Gasteiger partial charge in [-0.3, -0.25) is 24.3 Å². The Morgan fingerprint density at radius 1 is 0.770 bits per heavy atom. The average Bonchev–Trinajstić information content (AvgIpc) is 0.869. The predicted molar refractivity (Wildman–Crippen MR) is 385 cm³/mol. The summed E-state index contributed by atoms with van der Waals surface area (Å²) in [5.41, 5.74) is 6.15. The number of aromatic carboxylic acids is 1. The number of amidine groups is 1. The summed E-state index contributed by atoms with van der Waals surface area (Å²) in [7, 11) is 2.06. The summed E-state index contributed by atoms with van der Waals surface area (Å²) in [5.74, 6) is 0.964. The number of para-hydroxylation sites is 2. The highest BCUT2D eigenvalue weighted by Crippen LogP contribution is 2.67. The second-order valence-electron chi connectivity index (χ2n) is 29.2. The highest BCUT2D eigenvalue weighted by atomic mass is 16.6. The number of carbonyl (C=O) groups is 4. The summed E-state index contributed by atoms with van der Waals surface area (Å²) in [6, 6.07) is 44.3. The van der Waals surface area contributed by atoms with Gasteiger partial charge in [0.15, 0.2) is 17.5 Å². The normalized spacial score (nSPS) is 25.0. The number of ketones is 1. The maximum Gasteiger partial charge on any atom is 0.336 e. The number of amides is 1. The van der Waals surface area contributed by atoms with Crippen molar-refractivity contribution in [3.05, 3.63) is 174 Å². The van der Waals surface area contributed by atoms with Gasteiger partial charge in [-0.1, -0.05) is 163 Å². The van der Waals surface area contributed by atoms with E-state index >= 15 is 0 Å². The van der Waals surface area contributed by atoms with Crippen molar-refractivity contribution in [2.45, 2.75) is 193 Å². The first-order valence-electron chi connectivity index (χ1n) is 35.0. The number of hydrogen-bond donors (Lipinski definition) is 5. The molecule has 100 heavy (non-hydrogen) atoms. The zero-order valence-electron chi connectivity index (χ0n) is 59.0. The first kappa shape index (κ1) is 70.5. The number of aromatic nitrogens is 8. The Labute approximate surface area is 583 Å². The molecule has 6 aromatic carbocycles. The van der Waals surface area contributed by atoms with Gasteiger partial charge in [-0.15, -0.1) is 16.8 Å². The van der Waals surface area contributed by atoms with Gasteiger partial charge in [0, 0.05) is 62.2 Å². The molecule has 1 amide bonds. The molecule has 5 N–H and O–H groups in total. The van der Waals surface area contributed by atoms with E-state index in [9.17, 15) is 39.6 Å². The maximum atomic E-state index is 13.6. The number of aromatic amines is 1. The topological polar surface area (TPSA) is 273 Å². The zero-order valence-corrected chi connectivity index (χ0v) is 59.0. The molecule has 5 aliphatic rings. The summed E-state index contributed by atoms with van der Waals surface area (Å²) in [6.45, 7) is 21.4. The Balaban J connectivity index is 0.000000144. The van der Waals surface area contributed by atoms with Crippen molar-refractivity contribution in [3.63, 3.8) is 0 Å². The van der Waals surface area contributed by atoms with E-state index in [0.29, 0.717) is 37.3 Å². The van der Waals surface area contributed by atoms with E-state index in [1.54, 1.807) is 26.0 Å². The van der Waals surface area contributed by atoms with Gasteiger partial charge >= 0.3 is 11.9 Å². The highest BCUT2D eigenvalue weighted by Gasteiger charge is 2.81. The lowest BCUT2D eigenvalue weighted by Gasteiger charge is -2.71. The number of benzene rings is 6. The number of fused-ring (bicyclic) bond motifs is 5. The van der Waals surface area contributed by atoms with E-state index in [0.717, 1.165) is 147 Å². The van der Waals surface area contributed by atoms with E-state index in [1.165, 1.54) is 19.9 Å². The standard InChI is InChI=1S/C33H30N4O2.C25H28N6O.C22H34O7/c1-4-9-30-35-31-21(2)18-24(32-34-27-12-7-8-13-28(27)36(32)3)19-29(31)37(30)20-22-14-16-23(17-15-22)25-10-5-6-11-26(25)33(38)39;1-2-3-10-22-26-25(15-6-7-16-25)24(32)31(22)17-18-11-13-19(14-12-18)20-8-4-5-9-21(20)23-27-29-30-28-23;1-8-19(5)11-14(25)22(27)20(6)13(24)9-10-18(3,4)16(20)15(26)17(28-12(2)23)21(22,7)29-19/h5-8,10-19H,4,9,20H2,1-3H3,(H,38,39);4-5,8-9,11-14H,2-3,6-7,10,15-17H2,1H3,(H,27,28,29,30);8,13,15-17,24,26-27H,1,9-11H2,2-7H3/t;;13-,15-,16-,17-,19-,20-,21+,22-/m..0/s1. The van der Waals surface area contributed by atoms with Gasteiger partial charge in [-0.2, -0.15) is 5.21 Å². The molecule has 0 bridgehead atoms. The monoisotopic (exact) mass is 1350 g/mol. The summed E-state index contributed by atoms with van der Waals surface area (Å²) in [5, 5.41) is 58.8. The van der Waals surface area contributed by atoms with Crippen LogP contribution in [0.3, 0.4) is 0 Å². The van der Waals surface area contributed by atoms with Gasteiger partial charge < -0.3 is 39.0 Å². The first-order valence-corrected chi connectivity index (χ1v) is 35.0. The third-order valence-electron chi connectivity index (χ3n) is 22.0. The number of carboxylic acid groups (broad SMARTS) is 1. The number of H-pyrrole nitrogens is 1. The lowest BCUT2D eigenvalue weighted by Crippen LogP contribution is -2.86. The number of esters is 1. The molecule has 20 heteroatoms. The second kappa shape index (κ2) is 27.6. The minimum Gasteiger partial charge on any atom is -0.478 e. The molecule has 4 fully saturated rings. The summed E-state index contributed by atoms with van der Waals surface area (Å²) >= 11 is 0. The van der Waals surface area contributed by atoms with Crippen molar-refractivity contribution in [1.29, 1.82) is 0 Å². The van der Waals surface area contributed by atoms with Crippen LogP contribution in [-0.4, -0.2) is 135 Å². The van der Waals surface area contributed by atoms with Crippen LogP contribution in [0.5, 0.6) is 0 Å². The average molecular weight is 1350 g/mol. The number of aliphatic hydroxyl groups excluding tert-OH is 2. The molecule has 20 nitrogen and oxygen atoms in total. The van der Waals surface area contributed by atoms with Crippen LogP contribution < -0.4 is 0 Å². The molecule has 0 unspecified atom stereocenters. The Bertz CT molecular complexity index is 4590. The molecule has 1 saturated heterocycles. The van der Waals surface area contributed by atoms with Gasteiger partial charge in [-0.25, -0.2) is 14.8 Å². The molecule has 9 aromatic rings. The van der Waals surface area contributed by atoms with E-state index in [2.05, 4.69) is 125 Å². The fourth-order valence-electron chi connectivity index (χ4n) is 17.0. The molecule has 14 rings (SSSR count). The maximum absolute atomic E-state index is 13.6. The summed E-state index contributed by atoms with van der Waals surface area (Å²) < 4.78 is 16.2. The number of unbranched alkanes of at least 4 members (excludes halogenated alkanes) is 1. The number of aliphatic hydroxyl groups is 3. The van der Waals surface area contributed by atoms with E-state index in [1.807, 2.05) is 79.4 Å². The van der Waals surface area contributed by atoms with Crippen LogP contribution >= 0.6 is 0 Å². The lowest BCUT2D eigenvalue weighted by atomic mass is 9.40. The van der Waals surface area contributed by atoms with Crippen LogP contribution in [-0.2, 0) is 50.4 Å². The molecule has 0 radical (unpaired) electrons. The third-order valence-corrected chi connectivity index (χ3v) is 22.0. The van der Waals surface area contributed by atoms with Gasteiger partial charge in [0.1, 0.15) is 28.6 Å². The number of ether oxygens (including phenoxy) is 2. The summed E-state index contributed by atoms with van der Waals surface area (Å²) in [6.07, 6.45) is 7.61. The van der Waals surface area contributed by atoms with Crippen LogP contribution in [0.25, 0.3) is 67.1 Å². The number of aliphatic imine (C=N–C) groups is 1. The molecule has 522 valence electrons. The quantitative estimate of drug-likeness (QED) is 0.0444. The molecule has 2 aliphatic heterocycles. The predicted octanol–water partition coefficient (Wildman–Crippen LogP) is 13.6.